The van der Waals surface area contributed by atoms with E-state index < -0.39 is 0 Å². The molecule has 0 heterocycles. The lowest BCUT2D eigenvalue weighted by molar-refractivity contribution is -0.133. The van der Waals surface area contributed by atoms with Gasteiger partial charge >= 0.3 is 0 Å². The van der Waals surface area contributed by atoms with Gasteiger partial charge < -0.3 is 10.6 Å². The van der Waals surface area contributed by atoms with Gasteiger partial charge in [0.2, 0.25) is 5.91 Å². The van der Waals surface area contributed by atoms with Crippen LogP contribution >= 0.6 is 0 Å². The largest absolute Gasteiger partial charge is 0.342 e. The van der Waals surface area contributed by atoms with Crippen LogP contribution in [0.25, 0.3) is 0 Å². The molecule has 1 saturated carbocycles. The van der Waals surface area contributed by atoms with Crippen molar-refractivity contribution in [3.63, 3.8) is 0 Å². The highest BCUT2D eigenvalue weighted by molar-refractivity contribution is 5.76. The topological polar surface area (TPSA) is 46.3 Å². The lowest BCUT2D eigenvalue weighted by atomic mass is 9.83. The van der Waals surface area contributed by atoms with Gasteiger partial charge in [-0.2, -0.15) is 0 Å². The predicted molar refractivity (Wildman–Crippen MR) is 85.6 cm³/mol. The Morgan fingerprint density at radius 3 is 2.45 bits per heavy atom. The van der Waals surface area contributed by atoms with E-state index in [1.807, 2.05) is 11.9 Å². The van der Waals surface area contributed by atoms with Gasteiger partial charge in [-0.05, 0) is 31.7 Å². The third-order valence-corrected chi connectivity index (χ3v) is 4.81. The van der Waals surface area contributed by atoms with Crippen LogP contribution in [0.5, 0.6) is 0 Å². The second-order valence-corrected chi connectivity index (χ2v) is 6.37. The average Bonchev–Trinajstić information content (AvgIpc) is 2.49. The first-order chi connectivity index (χ1) is 9.70. The van der Waals surface area contributed by atoms with Crippen LogP contribution in [0, 0.1) is 5.92 Å². The molecule has 0 radical (unpaired) electrons. The van der Waals surface area contributed by atoms with Crippen LogP contribution in [0.1, 0.15) is 77.6 Å². The summed E-state index contributed by atoms with van der Waals surface area (Å²) < 4.78 is 0. The first-order valence-corrected chi connectivity index (χ1v) is 8.66. The van der Waals surface area contributed by atoms with E-state index >= 15 is 0 Å². The molecule has 0 aromatic rings. The normalized spacial score (nSPS) is 22.8. The number of hydrogen-bond donors (Lipinski definition) is 1. The van der Waals surface area contributed by atoms with Crippen LogP contribution in [0.4, 0.5) is 0 Å². The smallest absolute Gasteiger partial charge is 0.222 e. The SMILES string of the molecule is CCCCCCCCC(=O)N(C)C1CCCCC1CN. The van der Waals surface area contributed by atoms with Gasteiger partial charge in [0.25, 0.3) is 0 Å². The second kappa shape index (κ2) is 10.2. The van der Waals surface area contributed by atoms with Gasteiger partial charge in [-0.1, -0.05) is 51.9 Å². The minimum Gasteiger partial charge on any atom is -0.342 e. The summed E-state index contributed by atoms with van der Waals surface area (Å²) in [6.45, 7) is 2.95. The van der Waals surface area contributed by atoms with E-state index in [4.69, 9.17) is 5.73 Å². The minimum atomic E-state index is 0.325. The highest BCUT2D eigenvalue weighted by Gasteiger charge is 2.29. The van der Waals surface area contributed by atoms with Crippen molar-refractivity contribution in [1.82, 2.24) is 4.90 Å². The molecule has 3 nitrogen and oxygen atoms in total. The van der Waals surface area contributed by atoms with Crippen molar-refractivity contribution >= 4 is 5.91 Å². The van der Waals surface area contributed by atoms with Crippen LogP contribution in [0.2, 0.25) is 0 Å². The fraction of sp³-hybridized carbons (Fsp3) is 0.941. The van der Waals surface area contributed by atoms with Gasteiger partial charge in [0.1, 0.15) is 0 Å². The molecule has 0 aromatic heterocycles. The molecule has 0 saturated heterocycles. The Kier molecular flexibility index (Phi) is 8.92. The van der Waals surface area contributed by atoms with E-state index in [-0.39, 0.29) is 0 Å². The maximum atomic E-state index is 12.3. The van der Waals surface area contributed by atoms with E-state index in [9.17, 15) is 4.79 Å². The van der Waals surface area contributed by atoms with Crippen molar-refractivity contribution in [1.29, 1.82) is 0 Å². The molecule has 1 aliphatic carbocycles. The minimum absolute atomic E-state index is 0.325. The molecule has 0 aliphatic heterocycles. The van der Waals surface area contributed by atoms with E-state index in [2.05, 4.69) is 6.92 Å². The first kappa shape index (κ1) is 17.5. The van der Waals surface area contributed by atoms with Gasteiger partial charge in [0.05, 0.1) is 0 Å². The molecule has 1 rings (SSSR count). The Labute approximate surface area is 125 Å². The molecule has 0 spiro atoms. The van der Waals surface area contributed by atoms with E-state index in [0.717, 1.165) is 25.8 Å². The van der Waals surface area contributed by atoms with Crippen molar-refractivity contribution in [2.45, 2.75) is 83.6 Å². The van der Waals surface area contributed by atoms with E-state index in [1.165, 1.54) is 51.4 Å². The van der Waals surface area contributed by atoms with Crippen molar-refractivity contribution in [2.75, 3.05) is 13.6 Å². The molecule has 0 bridgehead atoms. The molecule has 2 atom stereocenters. The molecule has 1 fully saturated rings. The standard InChI is InChI=1S/C17H34N2O/c1-3-4-5-6-7-8-13-17(20)19(2)16-12-10-9-11-15(16)14-18/h15-16H,3-14,18H2,1-2H3. The zero-order valence-electron chi connectivity index (χ0n) is 13.6. The Hall–Kier alpha value is -0.570. The third-order valence-electron chi connectivity index (χ3n) is 4.81. The number of nitrogens with two attached hydrogens (primary N) is 1. The number of unbranched alkanes of at least 4 members (excludes halogenated alkanes) is 5. The van der Waals surface area contributed by atoms with Crippen molar-refractivity contribution in [2.24, 2.45) is 11.7 Å². The fourth-order valence-corrected chi connectivity index (χ4v) is 3.39. The average molecular weight is 282 g/mol. The Bertz CT molecular complexity index is 268. The van der Waals surface area contributed by atoms with Gasteiger partial charge in [-0.25, -0.2) is 0 Å². The lowest BCUT2D eigenvalue weighted by Gasteiger charge is -2.37. The highest BCUT2D eigenvalue weighted by Crippen LogP contribution is 2.27. The van der Waals surface area contributed by atoms with Crippen molar-refractivity contribution in [3.05, 3.63) is 0 Å². The molecule has 1 amide bonds. The fourth-order valence-electron chi connectivity index (χ4n) is 3.39. The lowest BCUT2D eigenvalue weighted by Crippen LogP contribution is -2.45. The predicted octanol–water partition coefficient (Wildman–Crippen LogP) is 3.71. The first-order valence-electron chi connectivity index (χ1n) is 8.66. The number of rotatable bonds is 9. The number of nitrogens with zero attached hydrogens (tertiary/aromatic N) is 1. The Morgan fingerprint density at radius 1 is 1.10 bits per heavy atom. The van der Waals surface area contributed by atoms with Crippen LogP contribution in [0.15, 0.2) is 0 Å². The quantitative estimate of drug-likeness (QED) is 0.655. The van der Waals surface area contributed by atoms with Crippen molar-refractivity contribution in [3.8, 4) is 0 Å². The summed E-state index contributed by atoms with van der Waals surface area (Å²) in [5.74, 6) is 0.841. The van der Waals surface area contributed by atoms with E-state index in [1.54, 1.807) is 0 Å². The molecule has 2 N–H and O–H groups in total. The van der Waals surface area contributed by atoms with Crippen LogP contribution in [0.3, 0.4) is 0 Å². The number of hydrogen-bond acceptors (Lipinski definition) is 2. The summed E-state index contributed by atoms with van der Waals surface area (Å²) in [5.41, 5.74) is 5.86. The van der Waals surface area contributed by atoms with Gasteiger partial charge in [-0.15, -0.1) is 0 Å². The summed E-state index contributed by atoms with van der Waals surface area (Å²) in [6, 6.07) is 0.390. The zero-order valence-corrected chi connectivity index (χ0v) is 13.6. The summed E-state index contributed by atoms with van der Waals surface area (Å²) in [4.78, 5) is 14.3. The van der Waals surface area contributed by atoms with Crippen LogP contribution in [-0.4, -0.2) is 30.4 Å². The molecule has 1 aliphatic rings. The molecular weight excluding hydrogens is 248 g/mol. The Balaban J connectivity index is 2.23. The molecule has 2 unspecified atom stereocenters. The second-order valence-electron chi connectivity index (χ2n) is 6.37. The van der Waals surface area contributed by atoms with E-state index in [0.29, 0.717) is 17.9 Å². The maximum Gasteiger partial charge on any atom is 0.222 e. The summed E-state index contributed by atoms with van der Waals surface area (Å²) in [6.07, 6.45) is 13.0. The summed E-state index contributed by atoms with van der Waals surface area (Å²) >= 11 is 0. The molecule has 3 heteroatoms. The number of carbonyl (C=O) groups is 1. The highest BCUT2D eigenvalue weighted by atomic mass is 16.2. The van der Waals surface area contributed by atoms with Crippen LogP contribution in [-0.2, 0) is 4.79 Å². The third kappa shape index (κ3) is 5.82. The number of carbonyl (C=O) groups excluding carboxylic acids is 1. The molecule has 20 heavy (non-hydrogen) atoms. The zero-order chi connectivity index (χ0) is 14.8. The van der Waals surface area contributed by atoms with Gasteiger partial charge in [0, 0.05) is 19.5 Å². The summed E-state index contributed by atoms with van der Waals surface area (Å²) in [7, 11) is 1.98. The monoisotopic (exact) mass is 282 g/mol. The van der Waals surface area contributed by atoms with Gasteiger partial charge in [-0.3, -0.25) is 4.79 Å². The molecule has 0 aromatic carbocycles. The molecular formula is C17H34N2O. The Morgan fingerprint density at radius 2 is 1.75 bits per heavy atom. The maximum absolute atomic E-state index is 12.3. The summed E-state index contributed by atoms with van der Waals surface area (Å²) in [5, 5.41) is 0. The number of amides is 1. The van der Waals surface area contributed by atoms with Crippen LogP contribution < -0.4 is 5.73 Å². The van der Waals surface area contributed by atoms with Crippen molar-refractivity contribution < 1.29 is 4.79 Å². The molecule has 118 valence electrons. The van der Waals surface area contributed by atoms with Gasteiger partial charge in [0.15, 0.2) is 0 Å².